The number of aliphatic carboxylic acids is 3. The third-order valence-electron chi connectivity index (χ3n) is 9.47. The van der Waals surface area contributed by atoms with E-state index in [9.17, 15) is 29.7 Å². The molecule has 0 amide bonds. The van der Waals surface area contributed by atoms with Crippen molar-refractivity contribution < 1.29 is 34.2 Å². The van der Waals surface area contributed by atoms with Crippen LogP contribution in [0.25, 0.3) is 0 Å². The molecule has 0 aromatic rings. The van der Waals surface area contributed by atoms with Gasteiger partial charge in [-0.05, 0) is 51.4 Å². The SMILES string of the molecule is CCC/C=C/CCCCCCCCCCCCCCCCC[N+](CC(CC)C(=O)O)(CC(CC)C(=O)O)CC(CC)C(=O)O. The van der Waals surface area contributed by atoms with Gasteiger partial charge in [-0.1, -0.05) is 123 Å². The van der Waals surface area contributed by atoms with E-state index in [2.05, 4.69) is 19.1 Å². The van der Waals surface area contributed by atoms with Crippen LogP contribution >= 0.6 is 0 Å². The molecule has 3 unspecified atom stereocenters. The van der Waals surface area contributed by atoms with Gasteiger partial charge in [-0.25, -0.2) is 0 Å². The molecule has 0 rings (SSSR count). The number of carboxylic acids is 3. The number of carboxylic acid groups (broad SMARTS) is 3. The number of rotatable bonds is 32. The smallest absolute Gasteiger partial charge is 0.312 e. The van der Waals surface area contributed by atoms with Gasteiger partial charge in [-0.3, -0.25) is 14.4 Å². The molecule has 3 N–H and O–H groups in total. The Morgan fingerprint density at radius 2 is 0.773 bits per heavy atom. The molecule has 0 aliphatic heterocycles. The topological polar surface area (TPSA) is 112 Å². The first-order valence-electron chi connectivity index (χ1n) is 18.3. The summed E-state index contributed by atoms with van der Waals surface area (Å²) in [5.41, 5.74) is 0. The fourth-order valence-electron chi connectivity index (χ4n) is 6.46. The Balaban J connectivity index is 4.53. The fraction of sp³-hybridized carbons (Fsp3) is 0.865. The number of quaternary nitrogens is 1. The van der Waals surface area contributed by atoms with Crippen LogP contribution in [0.5, 0.6) is 0 Å². The van der Waals surface area contributed by atoms with Gasteiger partial charge in [-0.15, -0.1) is 0 Å². The van der Waals surface area contributed by atoms with Crippen LogP contribution in [-0.4, -0.2) is 63.9 Å². The van der Waals surface area contributed by atoms with Crippen LogP contribution in [0.4, 0.5) is 0 Å². The van der Waals surface area contributed by atoms with E-state index in [0.717, 1.165) is 19.3 Å². The van der Waals surface area contributed by atoms with Crippen LogP contribution < -0.4 is 0 Å². The minimum absolute atomic E-state index is 0.261. The molecule has 0 aliphatic rings. The van der Waals surface area contributed by atoms with E-state index >= 15 is 0 Å². The summed E-state index contributed by atoms with van der Waals surface area (Å²) >= 11 is 0. The summed E-state index contributed by atoms with van der Waals surface area (Å²) in [5, 5.41) is 29.5. The molecule has 0 aromatic heterocycles. The number of hydrogen-bond acceptors (Lipinski definition) is 3. The minimum Gasteiger partial charge on any atom is -0.481 e. The van der Waals surface area contributed by atoms with Crippen LogP contribution in [0.2, 0.25) is 0 Å². The molecule has 0 bridgehead atoms. The molecule has 0 aliphatic carbocycles. The lowest BCUT2D eigenvalue weighted by Gasteiger charge is -2.43. The zero-order valence-corrected chi connectivity index (χ0v) is 29.1. The summed E-state index contributed by atoms with van der Waals surface area (Å²) in [4.78, 5) is 36.0. The first kappa shape index (κ1) is 42.1. The lowest BCUT2D eigenvalue weighted by atomic mass is 9.95. The van der Waals surface area contributed by atoms with Crippen molar-refractivity contribution in [2.45, 2.75) is 163 Å². The van der Waals surface area contributed by atoms with E-state index in [1.807, 2.05) is 20.8 Å². The van der Waals surface area contributed by atoms with Crippen molar-refractivity contribution in [1.29, 1.82) is 0 Å². The fourth-order valence-corrected chi connectivity index (χ4v) is 6.46. The number of allylic oxidation sites excluding steroid dienone is 2. The van der Waals surface area contributed by atoms with Crippen molar-refractivity contribution in [1.82, 2.24) is 0 Å². The summed E-state index contributed by atoms with van der Waals surface area (Å²) < 4.78 is 0.261. The maximum absolute atomic E-state index is 12.0. The molecule has 0 saturated heterocycles. The van der Waals surface area contributed by atoms with E-state index in [4.69, 9.17) is 0 Å². The van der Waals surface area contributed by atoms with E-state index in [0.29, 0.717) is 25.8 Å². The highest BCUT2D eigenvalue weighted by Crippen LogP contribution is 2.25. The van der Waals surface area contributed by atoms with Crippen LogP contribution in [0, 0.1) is 17.8 Å². The summed E-state index contributed by atoms with van der Waals surface area (Å²) in [7, 11) is 0. The molecular weight excluding hydrogens is 554 g/mol. The summed E-state index contributed by atoms with van der Waals surface area (Å²) in [6.45, 7) is 9.24. The Morgan fingerprint density at radius 1 is 0.477 bits per heavy atom. The van der Waals surface area contributed by atoms with Crippen molar-refractivity contribution in [3.05, 3.63) is 12.2 Å². The minimum atomic E-state index is -0.886. The predicted octanol–water partition coefficient (Wildman–Crippen LogP) is 9.73. The first-order chi connectivity index (χ1) is 21.2. The van der Waals surface area contributed by atoms with E-state index in [1.165, 1.54) is 96.3 Å². The highest BCUT2D eigenvalue weighted by atomic mass is 16.4. The van der Waals surface area contributed by atoms with Crippen molar-refractivity contribution >= 4 is 17.9 Å². The molecule has 0 saturated carbocycles. The van der Waals surface area contributed by atoms with Crippen LogP contribution in [0.3, 0.4) is 0 Å². The Hall–Kier alpha value is -1.89. The van der Waals surface area contributed by atoms with Gasteiger partial charge in [0.1, 0.15) is 17.8 Å². The molecule has 0 aromatic carbocycles. The second-order valence-corrected chi connectivity index (χ2v) is 13.3. The van der Waals surface area contributed by atoms with Crippen LogP contribution in [-0.2, 0) is 14.4 Å². The van der Waals surface area contributed by atoms with Crippen molar-refractivity contribution in [3.63, 3.8) is 0 Å². The summed E-state index contributed by atoms with van der Waals surface area (Å²) in [6, 6.07) is 0. The molecular formula is C37H70NO6+. The molecule has 0 spiro atoms. The summed E-state index contributed by atoms with van der Waals surface area (Å²) in [5.74, 6) is -4.50. The third-order valence-corrected chi connectivity index (χ3v) is 9.47. The molecule has 44 heavy (non-hydrogen) atoms. The van der Waals surface area contributed by atoms with Gasteiger partial charge in [0, 0.05) is 0 Å². The Labute approximate surface area is 270 Å². The average Bonchev–Trinajstić information content (AvgIpc) is 2.99. The number of nitrogens with zero attached hydrogens (tertiary/aromatic N) is 1. The summed E-state index contributed by atoms with van der Waals surface area (Å²) in [6.07, 6.45) is 28.5. The maximum Gasteiger partial charge on any atom is 0.312 e. The van der Waals surface area contributed by atoms with Crippen molar-refractivity contribution in [2.24, 2.45) is 17.8 Å². The molecule has 7 heteroatoms. The van der Waals surface area contributed by atoms with Crippen molar-refractivity contribution in [2.75, 3.05) is 26.2 Å². The molecule has 7 nitrogen and oxygen atoms in total. The molecule has 3 atom stereocenters. The van der Waals surface area contributed by atoms with Gasteiger partial charge < -0.3 is 19.8 Å². The zero-order valence-electron chi connectivity index (χ0n) is 29.1. The normalized spacial score (nSPS) is 15.2. The van der Waals surface area contributed by atoms with Gasteiger partial charge in [0.25, 0.3) is 0 Å². The van der Waals surface area contributed by atoms with Crippen LogP contribution in [0.15, 0.2) is 12.2 Å². The lowest BCUT2D eigenvalue weighted by molar-refractivity contribution is -0.935. The second-order valence-electron chi connectivity index (χ2n) is 13.3. The van der Waals surface area contributed by atoms with E-state index < -0.39 is 35.7 Å². The monoisotopic (exact) mass is 625 g/mol. The Kier molecular flexibility index (Phi) is 26.2. The highest BCUT2D eigenvalue weighted by molar-refractivity contribution is 5.71. The van der Waals surface area contributed by atoms with Gasteiger partial charge in [-0.2, -0.15) is 0 Å². The van der Waals surface area contributed by atoms with Gasteiger partial charge in [0.05, 0.1) is 26.2 Å². The quantitative estimate of drug-likeness (QED) is 0.0390. The average molecular weight is 625 g/mol. The lowest BCUT2D eigenvalue weighted by Crippen LogP contribution is -2.58. The van der Waals surface area contributed by atoms with Crippen LogP contribution in [0.1, 0.15) is 163 Å². The predicted molar refractivity (Wildman–Crippen MR) is 182 cm³/mol. The maximum atomic E-state index is 12.0. The number of unbranched alkanes of at least 4 members (excludes halogenated alkanes) is 16. The van der Waals surface area contributed by atoms with E-state index in [1.54, 1.807) is 0 Å². The Bertz CT molecular complexity index is 707. The van der Waals surface area contributed by atoms with Gasteiger partial charge >= 0.3 is 17.9 Å². The van der Waals surface area contributed by atoms with E-state index in [-0.39, 0.29) is 24.1 Å². The molecule has 0 radical (unpaired) electrons. The first-order valence-corrected chi connectivity index (χ1v) is 18.3. The molecule has 0 heterocycles. The number of hydrogen-bond donors (Lipinski definition) is 3. The van der Waals surface area contributed by atoms with Gasteiger partial charge in [0.2, 0.25) is 0 Å². The third kappa shape index (κ3) is 21.0. The number of carbonyl (C=O) groups is 3. The standard InChI is InChI=1S/C37H69NO6/c1-5-9-10-11-12-13-14-15-16-17-18-19-20-21-22-23-24-25-26-27-28-38(29-32(6-2)35(39)40,30-33(7-3)36(41)42)31-34(8-4)37(43)44/h10-11,32-34H,5-9,12-31H2,1-4H3,(H2-,39,40,41,42,43,44)/p+1/b11-10+. The second kappa shape index (κ2) is 27.4. The highest BCUT2D eigenvalue weighted by Gasteiger charge is 2.40. The van der Waals surface area contributed by atoms with Crippen molar-refractivity contribution in [3.8, 4) is 0 Å². The Morgan fingerprint density at radius 3 is 1.07 bits per heavy atom. The zero-order chi connectivity index (χ0) is 33.1. The molecule has 258 valence electrons. The molecule has 0 fully saturated rings. The largest absolute Gasteiger partial charge is 0.481 e. The van der Waals surface area contributed by atoms with Gasteiger partial charge in [0.15, 0.2) is 0 Å².